The van der Waals surface area contributed by atoms with Crippen molar-refractivity contribution in [3.63, 3.8) is 0 Å². The molecule has 156 valence electrons. The maximum absolute atomic E-state index is 5.89. The fraction of sp³-hybridized carbons (Fsp3) is 0.318. The molecule has 2 aromatic heterocycles. The van der Waals surface area contributed by atoms with E-state index >= 15 is 0 Å². The first kappa shape index (κ1) is 21.0. The molecule has 6 nitrogen and oxygen atoms in total. The molecule has 0 fully saturated rings. The van der Waals surface area contributed by atoms with Crippen molar-refractivity contribution < 1.29 is 4.42 Å². The van der Waals surface area contributed by atoms with Gasteiger partial charge < -0.3 is 9.73 Å². The second-order valence-corrected chi connectivity index (χ2v) is 9.74. The molecule has 1 N–H and O–H groups in total. The Labute approximate surface area is 185 Å². The van der Waals surface area contributed by atoms with Crippen molar-refractivity contribution in [1.29, 1.82) is 0 Å². The summed E-state index contributed by atoms with van der Waals surface area (Å²) >= 11 is 3.49. The van der Waals surface area contributed by atoms with E-state index in [1.54, 1.807) is 18.1 Å². The number of furan rings is 1. The summed E-state index contributed by atoms with van der Waals surface area (Å²) in [5.41, 5.74) is 3.91. The Hall–Kier alpha value is -2.29. The van der Waals surface area contributed by atoms with Gasteiger partial charge in [-0.15, -0.1) is 11.8 Å². The van der Waals surface area contributed by atoms with E-state index in [4.69, 9.17) is 4.42 Å². The zero-order valence-corrected chi connectivity index (χ0v) is 18.8. The lowest BCUT2D eigenvalue weighted by Gasteiger charge is -2.29. The number of anilines is 1. The van der Waals surface area contributed by atoms with Crippen LogP contribution in [0, 0.1) is 0 Å². The lowest BCUT2D eigenvalue weighted by molar-refractivity contribution is 0.436. The predicted molar refractivity (Wildman–Crippen MR) is 129 cm³/mol. The fourth-order valence-corrected chi connectivity index (χ4v) is 5.02. The van der Waals surface area contributed by atoms with Crippen LogP contribution in [0.4, 0.5) is 5.82 Å². The van der Waals surface area contributed by atoms with Gasteiger partial charge in [-0.25, -0.2) is 14.3 Å². The molecule has 0 spiro atoms. The number of rotatable bonds is 8. The van der Waals surface area contributed by atoms with E-state index in [9.17, 15) is 0 Å². The monoisotopic (exact) mass is 439 g/mol. The van der Waals surface area contributed by atoms with Gasteiger partial charge in [-0.2, -0.15) is 0 Å². The van der Waals surface area contributed by atoms with Gasteiger partial charge in [-0.3, -0.25) is 4.99 Å². The van der Waals surface area contributed by atoms with Crippen LogP contribution in [-0.4, -0.2) is 38.7 Å². The van der Waals surface area contributed by atoms with E-state index in [-0.39, 0.29) is 0 Å². The summed E-state index contributed by atoms with van der Waals surface area (Å²) in [7, 11) is 0. The van der Waals surface area contributed by atoms with E-state index in [0.29, 0.717) is 11.1 Å². The molecule has 0 saturated heterocycles. The topological polar surface area (TPSA) is 66.6 Å². The number of aliphatic imine (C=N–C) groups is 1. The molecule has 1 aliphatic rings. The summed E-state index contributed by atoms with van der Waals surface area (Å²) in [6.07, 6.45) is 2.61. The second-order valence-electron chi connectivity index (χ2n) is 7.21. The summed E-state index contributed by atoms with van der Waals surface area (Å²) < 4.78 is 8.29. The quantitative estimate of drug-likeness (QED) is 0.217. The number of fused-ring (bicyclic) bond motifs is 2. The number of aromatic nitrogens is 2. The number of hydrogen-bond donors (Lipinski definition) is 1. The van der Waals surface area contributed by atoms with Crippen LogP contribution in [0.2, 0.25) is 0 Å². The minimum Gasteiger partial charge on any atom is -0.454 e. The molecule has 0 bridgehead atoms. The van der Waals surface area contributed by atoms with E-state index < -0.39 is 0 Å². The average Bonchev–Trinajstić information content (AvgIpc) is 3.17. The van der Waals surface area contributed by atoms with Crippen LogP contribution < -0.4 is 5.32 Å². The standard InChI is InChI=1S/C22H25N5OS2/c1-15(2)30-27-9-8-18-17(11-27)22(25-13-24-18)26-14-29-12-19(23-3)21-10-16-6-4-5-7-20(16)28-21/h4-7,10,12-13,15H,3,8-9,11,14H2,1-2H3,(H,24,25,26)/b19-12-. The number of benzene rings is 1. The highest BCUT2D eigenvalue weighted by Crippen LogP contribution is 2.30. The van der Waals surface area contributed by atoms with Gasteiger partial charge in [0.1, 0.15) is 23.4 Å². The summed E-state index contributed by atoms with van der Waals surface area (Å²) in [5, 5.41) is 7.03. The van der Waals surface area contributed by atoms with Gasteiger partial charge in [-0.05, 0) is 18.9 Å². The Morgan fingerprint density at radius 3 is 3.03 bits per heavy atom. The first-order valence-electron chi connectivity index (χ1n) is 9.90. The van der Waals surface area contributed by atoms with Gasteiger partial charge in [0, 0.05) is 41.1 Å². The van der Waals surface area contributed by atoms with E-state index in [0.717, 1.165) is 53.4 Å². The average molecular weight is 440 g/mol. The van der Waals surface area contributed by atoms with Crippen molar-refractivity contribution in [2.24, 2.45) is 4.99 Å². The van der Waals surface area contributed by atoms with Gasteiger partial charge in [0.25, 0.3) is 0 Å². The molecule has 4 rings (SSSR count). The molecule has 3 aromatic rings. The Morgan fingerprint density at radius 1 is 1.37 bits per heavy atom. The SMILES string of the molecule is C=N/C(=C\SCNc1ncnc2c1CN(SC(C)C)CC2)c1cc2ccccc2o1. The smallest absolute Gasteiger partial charge is 0.154 e. The van der Waals surface area contributed by atoms with Gasteiger partial charge in [0.05, 0.1) is 11.6 Å². The Morgan fingerprint density at radius 2 is 2.23 bits per heavy atom. The van der Waals surface area contributed by atoms with Crippen LogP contribution in [-0.2, 0) is 13.0 Å². The van der Waals surface area contributed by atoms with Crippen LogP contribution in [0.15, 0.2) is 51.5 Å². The van der Waals surface area contributed by atoms with Crippen LogP contribution >= 0.6 is 23.7 Å². The third kappa shape index (κ3) is 4.88. The maximum Gasteiger partial charge on any atom is 0.154 e. The van der Waals surface area contributed by atoms with E-state index in [1.807, 2.05) is 47.7 Å². The third-order valence-corrected chi connectivity index (χ3v) is 6.43. The molecular weight excluding hydrogens is 414 g/mol. The minimum atomic E-state index is 0.566. The number of nitrogens with zero attached hydrogens (tertiary/aromatic N) is 4. The molecular formula is C22H25N5OS2. The molecule has 0 amide bonds. The zero-order chi connectivity index (χ0) is 20.9. The lowest BCUT2D eigenvalue weighted by atomic mass is 10.1. The molecule has 8 heteroatoms. The summed E-state index contributed by atoms with van der Waals surface area (Å²) in [6.45, 7) is 10.0. The highest BCUT2D eigenvalue weighted by atomic mass is 32.2. The first-order valence-corrected chi connectivity index (χ1v) is 11.8. The van der Waals surface area contributed by atoms with Crippen molar-refractivity contribution >= 4 is 52.9 Å². The van der Waals surface area contributed by atoms with E-state index in [1.165, 1.54) is 5.56 Å². The molecule has 0 aliphatic carbocycles. The fourth-order valence-electron chi connectivity index (χ4n) is 3.37. The maximum atomic E-state index is 5.89. The predicted octanol–water partition coefficient (Wildman–Crippen LogP) is 5.44. The molecule has 0 unspecified atom stereocenters. The minimum absolute atomic E-state index is 0.566. The molecule has 30 heavy (non-hydrogen) atoms. The molecule has 1 aromatic carbocycles. The highest BCUT2D eigenvalue weighted by molar-refractivity contribution is 8.02. The molecule has 0 radical (unpaired) electrons. The summed E-state index contributed by atoms with van der Waals surface area (Å²) in [4.78, 5) is 13.1. The third-order valence-electron chi connectivity index (χ3n) is 4.69. The molecule has 0 atom stereocenters. The van der Waals surface area contributed by atoms with Crippen molar-refractivity contribution in [3.05, 3.63) is 59.1 Å². The Bertz CT molecular complexity index is 1030. The van der Waals surface area contributed by atoms with Crippen LogP contribution in [0.1, 0.15) is 30.9 Å². The molecule has 1 aliphatic heterocycles. The normalized spacial score (nSPS) is 14.8. The zero-order valence-electron chi connectivity index (χ0n) is 17.2. The number of nitrogens with one attached hydrogen (secondary N) is 1. The lowest BCUT2D eigenvalue weighted by Crippen LogP contribution is -2.28. The number of thioether (sulfide) groups is 1. The number of hydrogen-bond acceptors (Lipinski definition) is 8. The van der Waals surface area contributed by atoms with Crippen molar-refractivity contribution in [1.82, 2.24) is 14.3 Å². The van der Waals surface area contributed by atoms with Gasteiger partial charge in [0.15, 0.2) is 5.76 Å². The van der Waals surface area contributed by atoms with Crippen molar-refractivity contribution in [2.45, 2.75) is 32.1 Å². The number of para-hydroxylation sites is 1. The van der Waals surface area contributed by atoms with Crippen molar-refractivity contribution in [3.8, 4) is 0 Å². The summed E-state index contributed by atoms with van der Waals surface area (Å²) in [5.74, 6) is 2.30. The second kappa shape index (κ2) is 9.68. The summed E-state index contributed by atoms with van der Waals surface area (Å²) in [6, 6.07) is 9.92. The van der Waals surface area contributed by atoms with Gasteiger partial charge in [0.2, 0.25) is 0 Å². The molecule has 0 saturated carbocycles. The van der Waals surface area contributed by atoms with Crippen LogP contribution in [0.25, 0.3) is 16.7 Å². The highest BCUT2D eigenvalue weighted by Gasteiger charge is 2.22. The van der Waals surface area contributed by atoms with Crippen molar-refractivity contribution in [2.75, 3.05) is 17.7 Å². The Balaban J connectivity index is 1.41. The van der Waals surface area contributed by atoms with E-state index in [2.05, 4.69) is 45.1 Å². The van der Waals surface area contributed by atoms with Crippen LogP contribution in [0.3, 0.4) is 0 Å². The molecule has 3 heterocycles. The van der Waals surface area contributed by atoms with Crippen LogP contribution in [0.5, 0.6) is 0 Å². The largest absolute Gasteiger partial charge is 0.454 e. The first-order chi connectivity index (χ1) is 14.6. The van der Waals surface area contributed by atoms with Gasteiger partial charge >= 0.3 is 0 Å². The van der Waals surface area contributed by atoms with Gasteiger partial charge in [-0.1, -0.05) is 44.0 Å². The Kier molecular flexibility index (Phi) is 6.76.